The standard InChI is InChI=1S/C8H5.3C2H4O2.Pb/c1-2-8-6-4-3-5-7-8;3*1-2(3)4;/h3-7H;3*1H3,(H,3,4);/p-3. The van der Waals surface area contributed by atoms with Crippen molar-refractivity contribution in [2.45, 2.75) is 20.8 Å². The van der Waals surface area contributed by atoms with E-state index in [4.69, 9.17) is 36.1 Å². The SMILES string of the molecule is CC(=O)[O-].CC(=O)[O-].CC(=O)[O-].[C]#Cc1ccccc1.[Pb]. The minimum absolute atomic E-state index is 0. The quantitative estimate of drug-likeness (QED) is 0.296. The van der Waals surface area contributed by atoms with Crippen LogP contribution in [0.1, 0.15) is 26.3 Å². The summed E-state index contributed by atoms with van der Waals surface area (Å²) in [5, 5.41) is 26.7. The normalized spacial score (nSPS) is 6.57. The number of carboxylic acids is 3. The molecule has 0 saturated carbocycles. The molecule has 1 aromatic rings. The summed E-state index contributed by atoms with van der Waals surface area (Å²) >= 11 is 0. The van der Waals surface area contributed by atoms with Crippen LogP contribution in [0.5, 0.6) is 0 Å². The Hall–Kier alpha value is -1.89. The summed E-state index contributed by atoms with van der Waals surface area (Å²) in [5.41, 5.74) is 0.826. The second-order valence-corrected chi connectivity index (χ2v) is 2.97. The molecule has 21 heavy (non-hydrogen) atoms. The summed E-state index contributed by atoms with van der Waals surface area (Å²) < 4.78 is 0. The first-order chi connectivity index (χ1) is 9.13. The number of benzene rings is 1. The van der Waals surface area contributed by atoms with E-state index in [2.05, 4.69) is 5.92 Å². The number of carbonyl (C=O) groups excluding carboxylic acids is 3. The van der Waals surface area contributed by atoms with Crippen molar-refractivity contribution in [3.63, 3.8) is 0 Å². The van der Waals surface area contributed by atoms with E-state index in [1.54, 1.807) is 0 Å². The summed E-state index contributed by atoms with van der Waals surface area (Å²) in [6.07, 6.45) is 6.69. The summed E-state index contributed by atoms with van der Waals surface area (Å²) in [4.78, 5) is 26.7. The predicted octanol–water partition coefficient (Wildman–Crippen LogP) is -2.49. The van der Waals surface area contributed by atoms with Gasteiger partial charge < -0.3 is 29.7 Å². The van der Waals surface area contributed by atoms with Crippen LogP contribution in [0, 0.1) is 12.3 Å². The van der Waals surface area contributed by atoms with Crippen molar-refractivity contribution < 1.29 is 29.7 Å². The Morgan fingerprint density at radius 3 is 1.24 bits per heavy atom. The molecule has 1 aromatic carbocycles. The molecule has 0 aliphatic carbocycles. The van der Waals surface area contributed by atoms with Crippen molar-refractivity contribution >= 4 is 45.2 Å². The average Bonchev–Trinajstić information content (AvgIpc) is 2.28. The Labute approximate surface area is 144 Å². The van der Waals surface area contributed by atoms with Gasteiger partial charge in [-0.1, -0.05) is 24.1 Å². The van der Waals surface area contributed by atoms with Crippen LogP contribution in [0.25, 0.3) is 0 Å². The van der Waals surface area contributed by atoms with Crippen molar-refractivity contribution in [1.29, 1.82) is 0 Å². The monoisotopic (exact) mass is 486 g/mol. The average molecular weight is 485 g/mol. The topological polar surface area (TPSA) is 120 Å². The Morgan fingerprint density at radius 1 is 0.857 bits per heavy atom. The van der Waals surface area contributed by atoms with Gasteiger partial charge in [0.15, 0.2) is 0 Å². The van der Waals surface area contributed by atoms with Crippen molar-refractivity contribution in [3.05, 3.63) is 42.3 Å². The fourth-order valence-electron chi connectivity index (χ4n) is 0.521. The van der Waals surface area contributed by atoms with Crippen molar-refractivity contribution in [3.8, 4) is 5.92 Å². The van der Waals surface area contributed by atoms with E-state index in [-0.39, 0.29) is 27.3 Å². The smallest absolute Gasteiger partial charge is 0.0383 e. The first-order valence-electron chi connectivity index (χ1n) is 5.14. The number of aliphatic carboxylic acids is 3. The van der Waals surface area contributed by atoms with Gasteiger partial charge in [0, 0.05) is 50.8 Å². The minimum atomic E-state index is -1.08. The van der Waals surface area contributed by atoms with Crippen molar-refractivity contribution in [2.75, 3.05) is 0 Å². The third kappa shape index (κ3) is 71.5. The molecule has 7 heteroatoms. The van der Waals surface area contributed by atoms with Gasteiger partial charge in [-0.2, -0.15) is 0 Å². The van der Waals surface area contributed by atoms with Gasteiger partial charge in [0.1, 0.15) is 0 Å². The molecule has 113 valence electrons. The van der Waals surface area contributed by atoms with E-state index >= 15 is 0 Å². The third-order valence-corrected chi connectivity index (χ3v) is 0.918. The van der Waals surface area contributed by atoms with Crippen molar-refractivity contribution in [2.24, 2.45) is 0 Å². The number of carbonyl (C=O) groups is 3. The Bertz CT molecular complexity index is 396. The Kier molecular flexibility index (Phi) is 26.7. The summed E-state index contributed by atoms with van der Waals surface area (Å²) in [6, 6.07) is 9.37. The molecule has 0 aliphatic heterocycles. The summed E-state index contributed by atoms with van der Waals surface area (Å²) in [5.74, 6) is -0.973. The fraction of sp³-hybridized carbons (Fsp3) is 0.214. The molecule has 0 saturated heterocycles. The number of rotatable bonds is 0. The van der Waals surface area contributed by atoms with Crippen LogP contribution in [-0.4, -0.2) is 45.2 Å². The van der Waals surface area contributed by atoms with E-state index < -0.39 is 17.9 Å². The molecule has 0 aromatic heterocycles. The van der Waals surface area contributed by atoms with E-state index in [0.717, 1.165) is 26.3 Å². The van der Waals surface area contributed by atoms with Gasteiger partial charge in [-0.25, -0.2) is 0 Å². The van der Waals surface area contributed by atoms with E-state index in [1.807, 2.05) is 30.3 Å². The molecular weight excluding hydrogens is 471 g/mol. The molecular formula is C14H14O6Pb-3. The van der Waals surface area contributed by atoms with E-state index in [9.17, 15) is 0 Å². The Morgan fingerprint density at radius 2 is 1.10 bits per heavy atom. The van der Waals surface area contributed by atoms with Gasteiger partial charge in [0.2, 0.25) is 0 Å². The van der Waals surface area contributed by atoms with Gasteiger partial charge >= 0.3 is 0 Å². The van der Waals surface area contributed by atoms with Gasteiger partial charge in [-0.15, -0.1) is 0 Å². The van der Waals surface area contributed by atoms with E-state index in [1.165, 1.54) is 0 Å². The minimum Gasteiger partial charge on any atom is -0.550 e. The van der Waals surface area contributed by atoms with Crippen LogP contribution in [0.3, 0.4) is 0 Å². The van der Waals surface area contributed by atoms with Crippen molar-refractivity contribution in [1.82, 2.24) is 0 Å². The van der Waals surface area contributed by atoms with Gasteiger partial charge in [0.05, 0.1) is 0 Å². The zero-order chi connectivity index (χ0) is 16.6. The number of hydrogen-bond acceptors (Lipinski definition) is 6. The predicted molar refractivity (Wildman–Crippen MR) is 70.5 cm³/mol. The van der Waals surface area contributed by atoms with Gasteiger partial charge in [-0.3, -0.25) is 0 Å². The van der Waals surface area contributed by atoms with Crippen LogP contribution in [0.15, 0.2) is 30.3 Å². The van der Waals surface area contributed by atoms with Crippen LogP contribution in [0.4, 0.5) is 0 Å². The third-order valence-electron chi connectivity index (χ3n) is 0.918. The molecule has 0 atom stereocenters. The second-order valence-electron chi connectivity index (χ2n) is 2.97. The van der Waals surface area contributed by atoms with Gasteiger partial charge in [-0.05, 0) is 39.3 Å². The molecule has 0 spiro atoms. The molecule has 0 heterocycles. The zero-order valence-corrected chi connectivity index (χ0v) is 15.7. The maximum absolute atomic E-state index is 8.89. The second kappa shape index (κ2) is 20.4. The molecule has 0 unspecified atom stereocenters. The molecule has 0 bridgehead atoms. The van der Waals surface area contributed by atoms with Crippen LogP contribution < -0.4 is 15.3 Å². The van der Waals surface area contributed by atoms with Crippen LogP contribution in [-0.2, 0) is 14.4 Å². The maximum atomic E-state index is 8.89. The Balaban J connectivity index is -0.0000000973. The van der Waals surface area contributed by atoms with Crippen LogP contribution >= 0.6 is 0 Å². The van der Waals surface area contributed by atoms with Crippen LogP contribution in [0.2, 0.25) is 0 Å². The molecule has 6 nitrogen and oxygen atoms in total. The largest absolute Gasteiger partial charge is 0.550 e. The first kappa shape index (κ1) is 27.5. The molecule has 0 N–H and O–H groups in total. The number of hydrogen-bond donors (Lipinski definition) is 0. The molecule has 0 amide bonds. The fourth-order valence-corrected chi connectivity index (χ4v) is 0.521. The maximum Gasteiger partial charge on any atom is 0.0383 e. The first-order valence-corrected chi connectivity index (χ1v) is 5.14. The molecule has 5 radical (unpaired) electrons. The zero-order valence-electron chi connectivity index (χ0n) is 11.8. The summed E-state index contributed by atoms with van der Waals surface area (Å²) in [6.45, 7) is 2.92. The molecule has 0 fully saturated rings. The molecule has 1 rings (SSSR count). The van der Waals surface area contributed by atoms with Gasteiger partial charge in [0.25, 0.3) is 0 Å². The molecule has 0 aliphatic rings. The summed E-state index contributed by atoms with van der Waals surface area (Å²) in [7, 11) is 0. The number of carboxylic acid groups (broad SMARTS) is 3. The van der Waals surface area contributed by atoms with E-state index in [0.29, 0.717) is 0 Å².